The van der Waals surface area contributed by atoms with Crippen LogP contribution in [0.2, 0.25) is 0 Å². The van der Waals surface area contributed by atoms with Crippen LogP contribution in [0.25, 0.3) is 0 Å². The zero-order chi connectivity index (χ0) is 14.3. The van der Waals surface area contributed by atoms with Crippen LogP contribution in [0.1, 0.15) is 72.1 Å². The first-order chi connectivity index (χ1) is 9.47. The standard InChI is InChI=1S/C18H33NO/c1-18(2,3)14-8-9-17(20)16(12-14)19-11-10-13-6-4-5-7-15(13)19/h13-17,20H,4-12H2,1-3H3. The maximum atomic E-state index is 10.6. The molecule has 5 unspecified atom stereocenters. The summed E-state index contributed by atoms with van der Waals surface area (Å²) in [6, 6.07) is 1.24. The highest BCUT2D eigenvalue weighted by Crippen LogP contribution is 2.44. The Morgan fingerprint density at radius 2 is 1.65 bits per heavy atom. The van der Waals surface area contributed by atoms with E-state index in [-0.39, 0.29) is 6.10 Å². The Morgan fingerprint density at radius 1 is 0.900 bits per heavy atom. The average molecular weight is 279 g/mol. The van der Waals surface area contributed by atoms with E-state index in [1.54, 1.807) is 0 Å². The Morgan fingerprint density at radius 3 is 2.40 bits per heavy atom. The van der Waals surface area contributed by atoms with Crippen LogP contribution in [0.15, 0.2) is 0 Å². The molecular formula is C18H33NO. The van der Waals surface area contributed by atoms with E-state index in [9.17, 15) is 5.11 Å². The third kappa shape index (κ3) is 2.78. The number of likely N-dealkylation sites (tertiary alicyclic amines) is 1. The van der Waals surface area contributed by atoms with Crippen molar-refractivity contribution >= 4 is 0 Å². The number of hydrogen-bond donors (Lipinski definition) is 1. The Bertz CT molecular complexity index is 335. The highest BCUT2D eigenvalue weighted by molar-refractivity contribution is 4.98. The van der Waals surface area contributed by atoms with Gasteiger partial charge in [0.1, 0.15) is 0 Å². The molecule has 20 heavy (non-hydrogen) atoms. The smallest absolute Gasteiger partial charge is 0.0695 e. The fourth-order valence-electron chi connectivity index (χ4n) is 5.13. The molecule has 0 aromatic heterocycles. The predicted octanol–water partition coefficient (Wildman–Crippen LogP) is 3.83. The summed E-state index contributed by atoms with van der Waals surface area (Å²) in [5.41, 5.74) is 0.393. The quantitative estimate of drug-likeness (QED) is 0.788. The fraction of sp³-hybridized carbons (Fsp3) is 1.00. The van der Waals surface area contributed by atoms with Gasteiger partial charge in [-0.25, -0.2) is 0 Å². The van der Waals surface area contributed by atoms with E-state index in [1.165, 1.54) is 51.5 Å². The van der Waals surface area contributed by atoms with Gasteiger partial charge in [-0.3, -0.25) is 4.90 Å². The third-order valence-electron chi connectivity index (χ3n) is 6.48. The Kier molecular flexibility index (Phi) is 4.16. The summed E-state index contributed by atoms with van der Waals surface area (Å²) in [6.45, 7) is 8.37. The number of nitrogens with zero attached hydrogens (tertiary/aromatic N) is 1. The first-order valence-corrected chi connectivity index (χ1v) is 8.90. The molecule has 1 heterocycles. The lowest BCUT2D eigenvalue weighted by Gasteiger charge is -2.46. The molecule has 0 radical (unpaired) electrons. The van der Waals surface area contributed by atoms with Gasteiger partial charge in [-0.15, -0.1) is 0 Å². The van der Waals surface area contributed by atoms with Crippen LogP contribution in [-0.4, -0.2) is 34.7 Å². The first kappa shape index (κ1) is 14.8. The van der Waals surface area contributed by atoms with Crippen molar-refractivity contribution in [2.45, 2.75) is 90.3 Å². The first-order valence-electron chi connectivity index (χ1n) is 8.90. The van der Waals surface area contributed by atoms with E-state index in [2.05, 4.69) is 25.7 Å². The molecule has 1 saturated heterocycles. The molecule has 0 aromatic carbocycles. The third-order valence-corrected chi connectivity index (χ3v) is 6.48. The summed E-state index contributed by atoms with van der Waals surface area (Å²) in [4.78, 5) is 2.73. The van der Waals surface area contributed by atoms with Gasteiger partial charge in [0.05, 0.1) is 6.10 Å². The second kappa shape index (κ2) is 5.61. The van der Waals surface area contributed by atoms with Crippen LogP contribution in [-0.2, 0) is 0 Å². The number of aliphatic hydroxyl groups excluding tert-OH is 1. The zero-order valence-electron chi connectivity index (χ0n) is 13.6. The van der Waals surface area contributed by atoms with Gasteiger partial charge in [-0.1, -0.05) is 33.6 Å². The zero-order valence-corrected chi connectivity index (χ0v) is 13.6. The van der Waals surface area contributed by atoms with Crippen molar-refractivity contribution in [2.24, 2.45) is 17.3 Å². The molecule has 0 aromatic rings. The van der Waals surface area contributed by atoms with E-state index >= 15 is 0 Å². The molecule has 0 bridgehead atoms. The van der Waals surface area contributed by atoms with E-state index in [4.69, 9.17) is 0 Å². The van der Waals surface area contributed by atoms with Gasteiger partial charge in [-0.2, -0.15) is 0 Å². The Labute approximate surface area is 124 Å². The number of aliphatic hydroxyl groups is 1. The maximum Gasteiger partial charge on any atom is 0.0695 e. The molecule has 3 rings (SSSR count). The molecule has 0 amide bonds. The average Bonchev–Trinajstić information content (AvgIpc) is 2.82. The number of hydrogen-bond acceptors (Lipinski definition) is 2. The molecule has 1 N–H and O–H groups in total. The van der Waals surface area contributed by atoms with Crippen molar-refractivity contribution in [1.29, 1.82) is 0 Å². The highest BCUT2D eigenvalue weighted by atomic mass is 16.3. The molecule has 2 saturated carbocycles. The molecule has 2 aliphatic carbocycles. The maximum absolute atomic E-state index is 10.6. The van der Waals surface area contributed by atoms with Gasteiger partial charge < -0.3 is 5.11 Å². The minimum Gasteiger partial charge on any atom is -0.391 e. The Balaban J connectivity index is 1.71. The lowest BCUT2D eigenvalue weighted by molar-refractivity contribution is -0.0288. The minimum atomic E-state index is -0.0747. The van der Waals surface area contributed by atoms with E-state index in [0.717, 1.165) is 24.3 Å². The van der Waals surface area contributed by atoms with Crippen LogP contribution in [0.3, 0.4) is 0 Å². The van der Waals surface area contributed by atoms with Crippen LogP contribution >= 0.6 is 0 Å². The molecular weight excluding hydrogens is 246 g/mol. The Hall–Kier alpha value is -0.0800. The normalized spacial score (nSPS) is 43.5. The molecule has 116 valence electrons. The minimum absolute atomic E-state index is 0.0747. The van der Waals surface area contributed by atoms with Crippen molar-refractivity contribution < 1.29 is 5.11 Å². The summed E-state index contributed by atoms with van der Waals surface area (Å²) in [6.07, 6.45) is 10.4. The summed E-state index contributed by atoms with van der Waals surface area (Å²) < 4.78 is 0. The molecule has 5 atom stereocenters. The molecule has 3 aliphatic rings. The monoisotopic (exact) mass is 279 g/mol. The van der Waals surface area contributed by atoms with E-state index < -0.39 is 0 Å². The van der Waals surface area contributed by atoms with Gasteiger partial charge in [-0.05, 0) is 62.3 Å². The fourth-order valence-corrected chi connectivity index (χ4v) is 5.13. The molecule has 2 nitrogen and oxygen atoms in total. The largest absolute Gasteiger partial charge is 0.391 e. The number of fused-ring (bicyclic) bond motifs is 1. The summed E-state index contributed by atoms with van der Waals surface area (Å²) in [7, 11) is 0. The van der Waals surface area contributed by atoms with Crippen LogP contribution in [0.5, 0.6) is 0 Å². The van der Waals surface area contributed by atoms with E-state index in [0.29, 0.717) is 11.5 Å². The van der Waals surface area contributed by atoms with Crippen LogP contribution in [0, 0.1) is 17.3 Å². The molecule has 2 heteroatoms. The van der Waals surface area contributed by atoms with Crippen molar-refractivity contribution in [3.63, 3.8) is 0 Å². The van der Waals surface area contributed by atoms with Gasteiger partial charge in [0.15, 0.2) is 0 Å². The van der Waals surface area contributed by atoms with Gasteiger partial charge in [0.2, 0.25) is 0 Å². The molecule has 1 aliphatic heterocycles. The predicted molar refractivity (Wildman–Crippen MR) is 83.7 cm³/mol. The number of rotatable bonds is 1. The van der Waals surface area contributed by atoms with Crippen molar-refractivity contribution in [1.82, 2.24) is 4.90 Å². The van der Waals surface area contributed by atoms with Crippen LogP contribution < -0.4 is 0 Å². The lowest BCUT2D eigenvalue weighted by Crippen LogP contribution is -2.51. The summed E-state index contributed by atoms with van der Waals surface area (Å²) in [5.74, 6) is 1.71. The molecule has 3 fully saturated rings. The van der Waals surface area contributed by atoms with E-state index in [1.807, 2.05) is 0 Å². The van der Waals surface area contributed by atoms with Crippen molar-refractivity contribution in [2.75, 3.05) is 6.54 Å². The van der Waals surface area contributed by atoms with Gasteiger partial charge >= 0.3 is 0 Å². The SMILES string of the molecule is CC(C)(C)C1CCC(O)C(N2CCC3CCCCC32)C1. The van der Waals surface area contributed by atoms with Gasteiger partial charge in [0.25, 0.3) is 0 Å². The second-order valence-corrected chi connectivity index (χ2v) is 8.65. The topological polar surface area (TPSA) is 23.5 Å². The van der Waals surface area contributed by atoms with Crippen LogP contribution in [0.4, 0.5) is 0 Å². The highest BCUT2D eigenvalue weighted by Gasteiger charge is 2.44. The van der Waals surface area contributed by atoms with Crippen molar-refractivity contribution in [3.8, 4) is 0 Å². The van der Waals surface area contributed by atoms with Gasteiger partial charge in [0, 0.05) is 12.1 Å². The summed E-state index contributed by atoms with van der Waals surface area (Å²) in [5, 5.41) is 10.6. The lowest BCUT2D eigenvalue weighted by atomic mass is 9.69. The second-order valence-electron chi connectivity index (χ2n) is 8.65. The summed E-state index contributed by atoms with van der Waals surface area (Å²) >= 11 is 0. The molecule has 0 spiro atoms. The van der Waals surface area contributed by atoms with Crippen molar-refractivity contribution in [3.05, 3.63) is 0 Å².